The lowest BCUT2D eigenvalue weighted by atomic mass is 10.2. The summed E-state index contributed by atoms with van der Waals surface area (Å²) in [7, 11) is 0. The van der Waals surface area contributed by atoms with Crippen molar-refractivity contribution in [3.8, 4) is 0 Å². The Morgan fingerprint density at radius 1 is 1.17 bits per heavy atom. The zero-order valence-corrected chi connectivity index (χ0v) is 15.5. The van der Waals surface area contributed by atoms with Gasteiger partial charge in [0.25, 0.3) is 0 Å². The van der Waals surface area contributed by atoms with Gasteiger partial charge in [-0.1, -0.05) is 36.0 Å². The third-order valence-electron chi connectivity index (χ3n) is 3.28. The monoisotopic (exact) mass is 365 g/mol. The molecule has 0 radical (unpaired) electrons. The Morgan fingerprint density at radius 3 is 2.50 bits per heavy atom. The molecule has 0 fully saturated rings. The molecule has 0 bridgehead atoms. The molecule has 128 valence electrons. The van der Waals surface area contributed by atoms with E-state index in [4.69, 9.17) is 0 Å². The van der Waals surface area contributed by atoms with Crippen LogP contribution in [0.1, 0.15) is 36.7 Å². The first-order chi connectivity index (χ1) is 11.3. The Hall–Kier alpha value is -1.34. The second-order valence-corrected chi connectivity index (χ2v) is 9.31. The van der Waals surface area contributed by atoms with Crippen molar-refractivity contribution in [3.63, 3.8) is 0 Å². The van der Waals surface area contributed by atoms with E-state index in [9.17, 15) is 13.7 Å². The predicted octanol–water partition coefficient (Wildman–Crippen LogP) is 4.34. The third kappa shape index (κ3) is 4.83. The normalized spacial score (nSPS) is 12.9. The maximum absolute atomic E-state index is 14.3. The van der Waals surface area contributed by atoms with Gasteiger partial charge in [0.2, 0.25) is 0 Å². The van der Waals surface area contributed by atoms with Crippen molar-refractivity contribution in [1.29, 1.82) is 0 Å². The van der Waals surface area contributed by atoms with Gasteiger partial charge in [0.1, 0.15) is 10.6 Å². The average Bonchev–Trinajstić information content (AvgIpc) is 2.53. The topological polar surface area (TPSA) is 52.2 Å². The highest BCUT2D eigenvalue weighted by Crippen LogP contribution is 2.33. The minimum atomic E-state index is -1.29. The molecule has 2 aromatic rings. The highest BCUT2D eigenvalue weighted by atomic mass is 32.2. The van der Waals surface area contributed by atoms with Crippen LogP contribution in [-0.2, 0) is 17.9 Å². The van der Waals surface area contributed by atoms with E-state index in [1.54, 1.807) is 24.3 Å². The molecular weight excluding hydrogens is 345 g/mol. The fourth-order valence-corrected chi connectivity index (χ4v) is 3.72. The van der Waals surface area contributed by atoms with Gasteiger partial charge in [-0.2, -0.15) is 0 Å². The number of hydrogen-bond acceptors (Lipinski definition) is 4. The minimum Gasteiger partial charge on any atom is -0.598 e. The summed E-state index contributed by atoms with van der Waals surface area (Å²) < 4.78 is 28.9. The molecule has 0 aromatic heterocycles. The lowest BCUT2D eigenvalue weighted by molar-refractivity contribution is 0.112. The molecule has 0 aliphatic rings. The number of rotatable bonds is 6. The Balaban J connectivity index is 2.25. The summed E-state index contributed by atoms with van der Waals surface area (Å²) in [5.41, 5.74) is 1.00. The number of hydrogen-bond donors (Lipinski definition) is 1. The maximum atomic E-state index is 14.3. The number of carbonyl (C=O) groups is 1. The molecule has 1 N–H and O–H groups in total. The van der Waals surface area contributed by atoms with Crippen LogP contribution >= 0.6 is 11.8 Å². The molecule has 0 spiro atoms. The van der Waals surface area contributed by atoms with Crippen LogP contribution in [0.2, 0.25) is 0 Å². The fourth-order valence-electron chi connectivity index (χ4n) is 1.95. The third-order valence-corrected chi connectivity index (χ3v) is 5.99. The van der Waals surface area contributed by atoms with Gasteiger partial charge in [-0.05, 0) is 39.0 Å². The number of carbonyl (C=O) groups excluding carboxylic acids is 1. The summed E-state index contributed by atoms with van der Waals surface area (Å²) >= 11 is 0.0396. The maximum Gasteiger partial charge on any atom is 0.151 e. The molecule has 2 rings (SSSR count). The van der Waals surface area contributed by atoms with Gasteiger partial charge in [0, 0.05) is 32.3 Å². The molecule has 6 heteroatoms. The molecule has 0 saturated carbocycles. The first kappa shape index (κ1) is 19.0. The van der Waals surface area contributed by atoms with Crippen LogP contribution in [0.4, 0.5) is 4.39 Å². The van der Waals surface area contributed by atoms with Gasteiger partial charge in [-0.3, -0.25) is 4.79 Å². The zero-order chi connectivity index (χ0) is 17.7. The van der Waals surface area contributed by atoms with Crippen LogP contribution in [-0.4, -0.2) is 15.6 Å². The van der Waals surface area contributed by atoms with Crippen molar-refractivity contribution in [2.45, 2.75) is 41.9 Å². The van der Waals surface area contributed by atoms with Crippen LogP contribution in [0.5, 0.6) is 0 Å². The van der Waals surface area contributed by atoms with Crippen LogP contribution in [0.25, 0.3) is 0 Å². The number of nitrogens with one attached hydrogen (secondary N) is 1. The van der Waals surface area contributed by atoms with Crippen molar-refractivity contribution >= 4 is 29.4 Å². The molecular formula is C18H20FNO2S2. The van der Waals surface area contributed by atoms with Gasteiger partial charge in [0.15, 0.2) is 6.29 Å². The van der Waals surface area contributed by atoms with Crippen LogP contribution in [0.3, 0.4) is 0 Å². The Kier molecular flexibility index (Phi) is 6.46. The first-order valence-electron chi connectivity index (χ1n) is 7.47. The van der Waals surface area contributed by atoms with Gasteiger partial charge in [-0.25, -0.2) is 4.39 Å². The number of benzene rings is 2. The van der Waals surface area contributed by atoms with E-state index >= 15 is 0 Å². The molecule has 1 atom stereocenters. The highest BCUT2D eigenvalue weighted by Gasteiger charge is 2.26. The van der Waals surface area contributed by atoms with Crippen LogP contribution in [0, 0.1) is 5.82 Å². The predicted molar refractivity (Wildman–Crippen MR) is 97.1 cm³/mol. The molecule has 0 amide bonds. The smallest absolute Gasteiger partial charge is 0.151 e. The summed E-state index contributed by atoms with van der Waals surface area (Å²) in [6.07, 6.45) is 0.786. The van der Waals surface area contributed by atoms with Crippen molar-refractivity contribution in [3.05, 3.63) is 59.4 Å². The SMILES string of the molecule is CC(C)(C)[S+]([O-])NCc1c(F)cccc1Sc1ccccc1C=O. The molecule has 1 unspecified atom stereocenters. The van der Waals surface area contributed by atoms with Crippen molar-refractivity contribution < 1.29 is 13.7 Å². The highest BCUT2D eigenvalue weighted by molar-refractivity contribution is 7.99. The van der Waals surface area contributed by atoms with Crippen molar-refractivity contribution in [2.75, 3.05) is 0 Å². The molecule has 0 aliphatic carbocycles. The summed E-state index contributed by atoms with van der Waals surface area (Å²) in [5, 5.41) is 0. The second kappa shape index (κ2) is 8.16. The first-order valence-corrected chi connectivity index (χ1v) is 9.44. The average molecular weight is 365 g/mol. The summed E-state index contributed by atoms with van der Waals surface area (Å²) in [5.74, 6) is -0.359. The van der Waals surface area contributed by atoms with Crippen LogP contribution in [0.15, 0.2) is 52.3 Å². The lowest BCUT2D eigenvalue weighted by Crippen LogP contribution is -2.39. The van der Waals surface area contributed by atoms with Crippen molar-refractivity contribution in [1.82, 2.24) is 4.72 Å². The standard InChI is InChI=1S/C18H20FNO2S2/c1-18(2,3)24(22)20-11-14-15(19)8-6-10-17(14)23-16-9-5-4-7-13(16)12-21/h4-10,12,20H,11H2,1-3H3. The van der Waals surface area contributed by atoms with Gasteiger partial charge < -0.3 is 4.55 Å². The van der Waals surface area contributed by atoms with Crippen LogP contribution < -0.4 is 4.72 Å². The molecule has 3 nitrogen and oxygen atoms in total. The molecule has 0 saturated heterocycles. The lowest BCUT2D eigenvalue weighted by Gasteiger charge is -2.24. The molecule has 0 heterocycles. The van der Waals surface area contributed by atoms with Gasteiger partial charge in [-0.15, -0.1) is 4.72 Å². The molecule has 0 aliphatic heterocycles. The Morgan fingerprint density at radius 2 is 1.83 bits per heavy atom. The summed E-state index contributed by atoms with van der Waals surface area (Å²) in [6.45, 7) is 5.72. The Labute approximate surface area is 149 Å². The van der Waals surface area contributed by atoms with E-state index in [0.717, 1.165) is 11.2 Å². The largest absolute Gasteiger partial charge is 0.598 e. The van der Waals surface area contributed by atoms with Gasteiger partial charge >= 0.3 is 0 Å². The zero-order valence-electron chi connectivity index (χ0n) is 13.8. The number of halogens is 1. The van der Waals surface area contributed by atoms with E-state index < -0.39 is 16.1 Å². The van der Waals surface area contributed by atoms with E-state index in [-0.39, 0.29) is 12.4 Å². The van der Waals surface area contributed by atoms with Crippen molar-refractivity contribution in [2.24, 2.45) is 0 Å². The van der Waals surface area contributed by atoms with E-state index in [2.05, 4.69) is 4.72 Å². The van der Waals surface area contributed by atoms with E-state index in [1.807, 2.05) is 32.9 Å². The number of aldehydes is 1. The second-order valence-electron chi connectivity index (χ2n) is 6.18. The molecule has 2 aromatic carbocycles. The minimum absolute atomic E-state index is 0.155. The van der Waals surface area contributed by atoms with Gasteiger partial charge in [0.05, 0.1) is 6.54 Å². The molecule has 24 heavy (non-hydrogen) atoms. The Bertz CT molecular complexity index is 716. The fraction of sp³-hybridized carbons (Fsp3) is 0.278. The van der Waals surface area contributed by atoms with E-state index in [1.165, 1.54) is 17.8 Å². The summed E-state index contributed by atoms with van der Waals surface area (Å²) in [4.78, 5) is 12.6. The summed E-state index contributed by atoms with van der Waals surface area (Å²) in [6, 6.07) is 12.0. The van der Waals surface area contributed by atoms with E-state index in [0.29, 0.717) is 16.0 Å². The quantitative estimate of drug-likeness (QED) is 0.611.